The van der Waals surface area contributed by atoms with Gasteiger partial charge in [0.15, 0.2) is 0 Å². The normalized spacial score (nSPS) is 10.6. The lowest BCUT2D eigenvalue weighted by molar-refractivity contribution is -0.118. The van der Waals surface area contributed by atoms with E-state index in [2.05, 4.69) is 20.8 Å². The van der Waals surface area contributed by atoms with Crippen molar-refractivity contribution < 1.29 is 14.0 Å². The van der Waals surface area contributed by atoms with E-state index in [0.717, 1.165) is 16.9 Å². The Bertz CT molecular complexity index is 998. The van der Waals surface area contributed by atoms with Gasteiger partial charge in [-0.2, -0.15) is 0 Å². The average Bonchev–Trinajstić information content (AvgIpc) is 3.17. The predicted molar refractivity (Wildman–Crippen MR) is 114 cm³/mol. The minimum atomic E-state index is -0.412. The third-order valence-electron chi connectivity index (χ3n) is 3.60. The van der Waals surface area contributed by atoms with Crippen molar-refractivity contribution in [2.24, 2.45) is 0 Å². The number of halogens is 2. The van der Waals surface area contributed by atoms with Crippen LogP contribution in [0, 0.1) is 5.82 Å². The number of carbonyl (C=O) groups is 2. The van der Waals surface area contributed by atoms with Gasteiger partial charge in [-0.05, 0) is 42.0 Å². The molecule has 29 heavy (non-hydrogen) atoms. The van der Waals surface area contributed by atoms with Crippen molar-refractivity contribution in [3.05, 3.63) is 74.9 Å². The van der Waals surface area contributed by atoms with Gasteiger partial charge in [0.25, 0.3) is 5.91 Å². The van der Waals surface area contributed by atoms with Gasteiger partial charge in [0, 0.05) is 23.0 Å². The highest BCUT2D eigenvalue weighted by atomic mass is 35.5. The number of nitrogens with zero attached hydrogens (tertiary/aromatic N) is 2. The van der Waals surface area contributed by atoms with E-state index >= 15 is 0 Å². The maximum absolute atomic E-state index is 12.9. The molecule has 3 aromatic rings. The van der Waals surface area contributed by atoms with Gasteiger partial charge in [0.05, 0.1) is 5.75 Å². The number of thioether (sulfide) groups is 1. The van der Waals surface area contributed by atoms with E-state index in [1.165, 1.54) is 36.0 Å². The van der Waals surface area contributed by atoms with Crippen LogP contribution >= 0.6 is 34.7 Å². The molecule has 0 unspecified atom stereocenters. The largest absolute Gasteiger partial charge is 0.351 e. The summed E-state index contributed by atoms with van der Waals surface area (Å²) in [6, 6.07) is 12.7. The highest BCUT2D eigenvalue weighted by Crippen LogP contribution is 2.18. The van der Waals surface area contributed by atoms with Crippen LogP contribution in [-0.4, -0.2) is 27.8 Å². The highest BCUT2D eigenvalue weighted by molar-refractivity contribution is 7.99. The number of nitrogens with one attached hydrogen (secondary N) is 2. The van der Waals surface area contributed by atoms with Gasteiger partial charge in [0.1, 0.15) is 10.8 Å². The van der Waals surface area contributed by atoms with Gasteiger partial charge < -0.3 is 10.6 Å². The van der Waals surface area contributed by atoms with Crippen LogP contribution in [0.1, 0.15) is 20.4 Å². The van der Waals surface area contributed by atoms with Gasteiger partial charge in [-0.15, -0.1) is 22.0 Å². The molecule has 2 amide bonds. The summed E-state index contributed by atoms with van der Waals surface area (Å²) in [7, 11) is 0. The van der Waals surface area contributed by atoms with E-state index in [1.807, 2.05) is 12.1 Å². The number of hydrogen-bond acceptors (Lipinski definition) is 6. The molecular formula is C19H16ClFN4O2S2. The predicted octanol–water partition coefficient (Wildman–Crippen LogP) is 4.13. The molecule has 1 aromatic heterocycles. The van der Waals surface area contributed by atoms with Crippen molar-refractivity contribution in [2.45, 2.75) is 12.3 Å². The first kappa shape index (κ1) is 21.2. The van der Waals surface area contributed by atoms with Crippen LogP contribution in [0.3, 0.4) is 0 Å². The molecule has 0 aliphatic carbocycles. The van der Waals surface area contributed by atoms with Crippen molar-refractivity contribution in [3.63, 3.8) is 0 Å². The van der Waals surface area contributed by atoms with E-state index in [0.29, 0.717) is 28.0 Å². The third-order valence-corrected chi connectivity index (χ3v) is 5.88. The first-order valence-corrected chi connectivity index (χ1v) is 10.8. The zero-order chi connectivity index (χ0) is 20.6. The molecule has 0 bridgehead atoms. The average molecular weight is 451 g/mol. The summed E-state index contributed by atoms with van der Waals surface area (Å²) < 4.78 is 12.9. The lowest BCUT2D eigenvalue weighted by atomic mass is 10.2. The maximum Gasteiger partial charge on any atom is 0.286 e. The highest BCUT2D eigenvalue weighted by Gasteiger charge is 2.13. The third kappa shape index (κ3) is 6.81. The number of hydrogen-bond donors (Lipinski definition) is 2. The fraction of sp³-hybridized carbons (Fsp3) is 0.158. The van der Waals surface area contributed by atoms with Crippen LogP contribution in [0.5, 0.6) is 0 Å². The molecule has 0 aliphatic rings. The summed E-state index contributed by atoms with van der Waals surface area (Å²) in [6.07, 6.45) is 0. The number of aromatic nitrogens is 2. The van der Waals surface area contributed by atoms with E-state index < -0.39 is 5.91 Å². The summed E-state index contributed by atoms with van der Waals surface area (Å²) in [6.45, 7) is 0.409. The Labute approximate surface area is 179 Å². The van der Waals surface area contributed by atoms with E-state index in [1.54, 1.807) is 12.1 Å². The first-order chi connectivity index (χ1) is 14.0. The zero-order valence-electron chi connectivity index (χ0n) is 15.0. The van der Waals surface area contributed by atoms with Crippen LogP contribution in [-0.2, 0) is 17.1 Å². The molecule has 0 fully saturated rings. The number of anilines is 1. The van der Waals surface area contributed by atoms with Gasteiger partial charge >= 0.3 is 0 Å². The molecule has 0 radical (unpaired) electrons. The van der Waals surface area contributed by atoms with Crippen molar-refractivity contribution in [2.75, 3.05) is 11.1 Å². The summed E-state index contributed by atoms with van der Waals surface area (Å²) in [5, 5.41) is 14.8. The monoisotopic (exact) mass is 450 g/mol. The minimum absolute atomic E-state index is 0.103. The van der Waals surface area contributed by atoms with Crippen molar-refractivity contribution in [1.29, 1.82) is 0 Å². The fourth-order valence-electron chi connectivity index (χ4n) is 2.25. The molecule has 3 rings (SSSR count). The standard InChI is InChI=1S/C19H16ClFN4O2S2/c20-13-3-1-2-12(8-13)9-22-16(26)10-28-11-17-24-25-19(29-17)18(27)23-15-6-4-14(21)5-7-15/h1-8H,9-11H2,(H,22,26)(H,23,27). The molecule has 1 heterocycles. The number of benzene rings is 2. The Kier molecular flexibility index (Phi) is 7.56. The molecule has 0 saturated heterocycles. The van der Waals surface area contributed by atoms with Crippen LogP contribution in [0.2, 0.25) is 5.02 Å². The van der Waals surface area contributed by atoms with Crippen LogP contribution in [0.25, 0.3) is 0 Å². The summed E-state index contributed by atoms with van der Waals surface area (Å²) in [5.74, 6) is -0.170. The van der Waals surface area contributed by atoms with Gasteiger partial charge in [-0.1, -0.05) is 35.1 Å². The second-order valence-electron chi connectivity index (χ2n) is 5.86. The SMILES string of the molecule is O=C(CSCc1nnc(C(=O)Nc2ccc(F)cc2)s1)NCc1cccc(Cl)c1. The first-order valence-electron chi connectivity index (χ1n) is 8.48. The van der Waals surface area contributed by atoms with Gasteiger partial charge in [-0.25, -0.2) is 4.39 Å². The zero-order valence-corrected chi connectivity index (χ0v) is 17.4. The van der Waals surface area contributed by atoms with Crippen LogP contribution < -0.4 is 10.6 Å². The minimum Gasteiger partial charge on any atom is -0.351 e. The molecule has 6 nitrogen and oxygen atoms in total. The van der Waals surface area contributed by atoms with Gasteiger partial charge in [0.2, 0.25) is 10.9 Å². The van der Waals surface area contributed by atoms with Crippen molar-refractivity contribution in [1.82, 2.24) is 15.5 Å². The summed E-state index contributed by atoms with van der Waals surface area (Å²) in [4.78, 5) is 24.1. The Hall–Kier alpha value is -2.49. The molecule has 0 atom stereocenters. The molecular weight excluding hydrogens is 435 g/mol. The molecule has 2 aromatic carbocycles. The Morgan fingerprint density at radius 3 is 2.69 bits per heavy atom. The Morgan fingerprint density at radius 1 is 1.14 bits per heavy atom. The van der Waals surface area contributed by atoms with Crippen LogP contribution in [0.15, 0.2) is 48.5 Å². The van der Waals surface area contributed by atoms with Crippen molar-refractivity contribution >= 4 is 52.2 Å². The second-order valence-corrected chi connectivity index (χ2v) is 8.35. The molecule has 2 N–H and O–H groups in total. The molecule has 0 spiro atoms. The molecule has 10 heteroatoms. The van der Waals surface area contributed by atoms with Gasteiger partial charge in [-0.3, -0.25) is 9.59 Å². The Morgan fingerprint density at radius 2 is 1.93 bits per heavy atom. The van der Waals surface area contributed by atoms with Crippen LogP contribution in [0.4, 0.5) is 10.1 Å². The number of amides is 2. The topological polar surface area (TPSA) is 84.0 Å². The second kappa shape index (κ2) is 10.3. The van der Waals surface area contributed by atoms with E-state index in [4.69, 9.17) is 11.6 Å². The lowest BCUT2D eigenvalue weighted by Gasteiger charge is -2.05. The summed E-state index contributed by atoms with van der Waals surface area (Å²) >= 11 is 8.45. The number of rotatable bonds is 8. The fourth-order valence-corrected chi connectivity index (χ4v) is 4.10. The smallest absolute Gasteiger partial charge is 0.286 e. The number of carbonyl (C=O) groups excluding carboxylic acids is 2. The lowest BCUT2D eigenvalue weighted by Crippen LogP contribution is -2.24. The maximum atomic E-state index is 12.9. The molecule has 150 valence electrons. The molecule has 0 saturated carbocycles. The van der Waals surface area contributed by atoms with E-state index in [-0.39, 0.29) is 22.5 Å². The van der Waals surface area contributed by atoms with Crippen molar-refractivity contribution in [3.8, 4) is 0 Å². The van der Waals surface area contributed by atoms with E-state index in [9.17, 15) is 14.0 Å². The Balaban J connectivity index is 1.41. The quantitative estimate of drug-likeness (QED) is 0.539. The molecule has 0 aliphatic heterocycles. The summed E-state index contributed by atoms with van der Waals surface area (Å²) in [5.41, 5.74) is 1.40.